The first-order chi connectivity index (χ1) is 12.6. The molecule has 0 aliphatic rings. The number of benzene rings is 3. The first-order valence-electron chi connectivity index (χ1n) is 8.56. The maximum absolute atomic E-state index is 14.1. The number of amides is 1. The Bertz CT molecular complexity index is 852. The maximum atomic E-state index is 14.1. The molecule has 0 saturated heterocycles. The maximum Gasteiger partial charge on any atom is 0.246 e. The van der Waals surface area contributed by atoms with Gasteiger partial charge in [-0.15, -0.1) is 0 Å². The number of rotatable bonds is 6. The predicted molar refractivity (Wildman–Crippen MR) is 102 cm³/mol. The van der Waals surface area contributed by atoms with Crippen LogP contribution < -0.4 is 10.6 Å². The molecule has 0 heterocycles. The van der Waals surface area contributed by atoms with Crippen molar-refractivity contribution in [2.45, 2.75) is 19.0 Å². The second-order valence-corrected chi connectivity index (χ2v) is 6.11. The molecule has 4 heteroatoms. The molecule has 0 aliphatic heterocycles. The molecule has 2 atom stereocenters. The number of hydrogen-bond donors (Lipinski definition) is 2. The van der Waals surface area contributed by atoms with E-state index in [2.05, 4.69) is 10.6 Å². The number of carbonyl (C=O) groups excluding carboxylic acids is 1. The Morgan fingerprint density at radius 3 is 2.08 bits per heavy atom. The van der Waals surface area contributed by atoms with Gasteiger partial charge in [0.15, 0.2) is 0 Å². The molecule has 3 aromatic rings. The van der Waals surface area contributed by atoms with Crippen LogP contribution in [0.15, 0.2) is 84.9 Å². The standard InChI is InChI=1S/C22H21FN2O/c1-16(19-14-8-9-15-20(19)23)24-21(17-10-4-2-5-11-17)22(26)25-18-12-6-3-7-13-18/h2-16,21,24H,1H3,(H,25,26). The average molecular weight is 348 g/mol. The minimum Gasteiger partial charge on any atom is -0.324 e. The molecule has 3 nitrogen and oxygen atoms in total. The van der Waals surface area contributed by atoms with Crippen LogP contribution in [-0.4, -0.2) is 5.91 Å². The molecule has 3 aromatic carbocycles. The van der Waals surface area contributed by atoms with Crippen molar-refractivity contribution in [2.24, 2.45) is 0 Å². The predicted octanol–water partition coefficient (Wildman–Crippen LogP) is 4.86. The molecule has 26 heavy (non-hydrogen) atoms. The second-order valence-electron chi connectivity index (χ2n) is 6.11. The Hall–Kier alpha value is -2.98. The van der Waals surface area contributed by atoms with E-state index in [1.807, 2.05) is 67.6 Å². The van der Waals surface area contributed by atoms with Crippen LogP contribution in [-0.2, 0) is 4.79 Å². The molecule has 0 aromatic heterocycles. The lowest BCUT2D eigenvalue weighted by Gasteiger charge is -2.24. The number of hydrogen-bond acceptors (Lipinski definition) is 2. The zero-order valence-corrected chi connectivity index (χ0v) is 14.5. The summed E-state index contributed by atoms with van der Waals surface area (Å²) >= 11 is 0. The molecule has 0 fully saturated rings. The van der Waals surface area contributed by atoms with Gasteiger partial charge >= 0.3 is 0 Å². The first kappa shape index (κ1) is 17.8. The van der Waals surface area contributed by atoms with Crippen LogP contribution in [0.1, 0.15) is 30.1 Å². The number of anilines is 1. The van der Waals surface area contributed by atoms with Gasteiger partial charge in [-0.1, -0.05) is 66.7 Å². The lowest BCUT2D eigenvalue weighted by Crippen LogP contribution is -2.35. The van der Waals surface area contributed by atoms with Gasteiger partial charge in [0.25, 0.3) is 0 Å². The second kappa shape index (κ2) is 8.41. The monoisotopic (exact) mass is 348 g/mol. The van der Waals surface area contributed by atoms with E-state index in [1.165, 1.54) is 6.07 Å². The Balaban J connectivity index is 1.84. The molecule has 2 unspecified atom stereocenters. The highest BCUT2D eigenvalue weighted by molar-refractivity contribution is 5.95. The van der Waals surface area contributed by atoms with Crippen LogP contribution in [0.5, 0.6) is 0 Å². The van der Waals surface area contributed by atoms with Crippen LogP contribution in [0.3, 0.4) is 0 Å². The van der Waals surface area contributed by atoms with Gasteiger partial charge in [0.2, 0.25) is 5.91 Å². The topological polar surface area (TPSA) is 41.1 Å². The Morgan fingerprint density at radius 1 is 0.846 bits per heavy atom. The third kappa shape index (κ3) is 4.35. The molecule has 0 saturated carbocycles. The Kier molecular flexibility index (Phi) is 5.77. The van der Waals surface area contributed by atoms with Gasteiger partial charge in [-0.25, -0.2) is 4.39 Å². The summed E-state index contributed by atoms with van der Waals surface area (Å²) in [6, 6.07) is 24.4. The van der Waals surface area contributed by atoms with Gasteiger partial charge in [0, 0.05) is 17.3 Å². The summed E-state index contributed by atoms with van der Waals surface area (Å²) in [5, 5.41) is 6.18. The Morgan fingerprint density at radius 2 is 1.42 bits per heavy atom. The third-order valence-corrected chi connectivity index (χ3v) is 4.22. The SMILES string of the molecule is CC(NC(C(=O)Nc1ccccc1)c1ccccc1)c1ccccc1F. The summed E-state index contributed by atoms with van der Waals surface area (Å²) in [4.78, 5) is 12.9. The summed E-state index contributed by atoms with van der Waals surface area (Å²) in [6.07, 6.45) is 0. The van der Waals surface area contributed by atoms with Crippen molar-refractivity contribution >= 4 is 11.6 Å². The molecule has 0 bridgehead atoms. The minimum atomic E-state index is -0.606. The van der Waals surface area contributed by atoms with E-state index < -0.39 is 6.04 Å². The van der Waals surface area contributed by atoms with Crippen molar-refractivity contribution in [2.75, 3.05) is 5.32 Å². The van der Waals surface area contributed by atoms with Gasteiger partial charge < -0.3 is 5.32 Å². The van der Waals surface area contributed by atoms with Gasteiger partial charge in [-0.05, 0) is 30.7 Å². The number of nitrogens with one attached hydrogen (secondary N) is 2. The highest BCUT2D eigenvalue weighted by atomic mass is 19.1. The van der Waals surface area contributed by atoms with Crippen LogP contribution >= 0.6 is 0 Å². The van der Waals surface area contributed by atoms with E-state index in [9.17, 15) is 9.18 Å². The molecule has 3 rings (SSSR count). The van der Waals surface area contributed by atoms with Crippen LogP contribution in [0, 0.1) is 5.82 Å². The quantitative estimate of drug-likeness (QED) is 0.668. The fourth-order valence-corrected chi connectivity index (χ4v) is 2.87. The Labute approximate surface area is 152 Å². The highest BCUT2D eigenvalue weighted by Crippen LogP contribution is 2.23. The largest absolute Gasteiger partial charge is 0.324 e. The fourth-order valence-electron chi connectivity index (χ4n) is 2.87. The number of halogens is 1. The molecule has 0 aliphatic carbocycles. The van der Waals surface area contributed by atoms with Gasteiger partial charge in [0.05, 0.1) is 0 Å². The normalized spacial score (nSPS) is 13.0. The van der Waals surface area contributed by atoms with Gasteiger partial charge in [0.1, 0.15) is 11.9 Å². The van der Waals surface area contributed by atoms with Crippen molar-refractivity contribution in [1.82, 2.24) is 5.32 Å². The lowest BCUT2D eigenvalue weighted by atomic mass is 10.0. The summed E-state index contributed by atoms with van der Waals surface area (Å²) in [5.41, 5.74) is 2.07. The summed E-state index contributed by atoms with van der Waals surface area (Å²) in [7, 11) is 0. The summed E-state index contributed by atoms with van der Waals surface area (Å²) in [5.74, 6) is -0.478. The number of carbonyl (C=O) groups is 1. The van der Waals surface area contributed by atoms with Crippen LogP contribution in [0.4, 0.5) is 10.1 Å². The van der Waals surface area contributed by atoms with Crippen molar-refractivity contribution in [3.8, 4) is 0 Å². The van der Waals surface area contributed by atoms with Gasteiger partial charge in [-0.2, -0.15) is 0 Å². The van der Waals surface area contributed by atoms with E-state index in [-0.39, 0.29) is 17.8 Å². The minimum absolute atomic E-state index is 0.189. The third-order valence-electron chi connectivity index (χ3n) is 4.22. The fraction of sp³-hybridized carbons (Fsp3) is 0.136. The van der Waals surface area contributed by atoms with Crippen molar-refractivity contribution < 1.29 is 9.18 Å². The van der Waals surface area contributed by atoms with Crippen LogP contribution in [0.2, 0.25) is 0 Å². The van der Waals surface area contributed by atoms with E-state index in [0.29, 0.717) is 5.56 Å². The summed E-state index contributed by atoms with van der Waals surface area (Å²) < 4.78 is 14.1. The number of para-hydroxylation sites is 1. The first-order valence-corrected chi connectivity index (χ1v) is 8.56. The molecule has 132 valence electrons. The van der Waals surface area contributed by atoms with E-state index in [4.69, 9.17) is 0 Å². The molecular formula is C22H21FN2O. The molecule has 1 amide bonds. The zero-order valence-electron chi connectivity index (χ0n) is 14.5. The van der Waals surface area contributed by atoms with Crippen molar-refractivity contribution in [3.05, 3.63) is 102 Å². The van der Waals surface area contributed by atoms with E-state index >= 15 is 0 Å². The van der Waals surface area contributed by atoms with E-state index in [0.717, 1.165) is 11.3 Å². The zero-order chi connectivity index (χ0) is 18.4. The van der Waals surface area contributed by atoms with E-state index in [1.54, 1.807) is 18.2 Å². The smallest absolute Gasteiger partial charge is 0.246 e. The lowest BCUT2D eigenvalue weighted by molar-refractivity contribution is -0.118. The van der Waals surface area contributed by atoms with Crippen molar-refractivity contribution in [3.63, 3.8) is 0 Å². The highest BCUT2D eigenvalue weighted by Gasteiger charge is 2.24. The van der Waals surface area contributed by atoms with Gasteiger partial charge in [-0.3, -0.25) is 10.1 Å². The molecule has 2 N–H and O–H groups in total. The molecule has 0 radical (unpaired) electrons. The summed E-state index contributed by atoms with van der Waals surface area (Å²) in [6.45, 7) is 1.85. The van der Waals surface area contributed by atoms with Crippen molar-refractivity contribution in [1.29, 1.82) is 0 Å². The van der Waals surface area contributed by atoms with Crippen LogP contribution in [0.25, 0.3) is 0 Å². The molecule has 0 spiro atoms. The average Bonchev–Trinajstić information content (AvgIpc) is 2.67. The molecular weight excluding hydrogens is 327 g/mol.